The Morgan fingerprint density at radius 3 is 1.58 bits per heavy atom. The normalized spacial score (nSPS) is 12.4. The zero-order valence-electron chi connectivity index (χ0n) is 15.4. The number of carboxylic acids is 1. The van der Waals surface area contributed by atoms with E-state index in [-0.39, 0.29) is 6.42 Å². The molecular weight excluding hydrogens is 296 g/mol. The van der Waals surface area contributed by atoms with Gasteiger partial charge < -0.3 is 9.90 Å². The summed E-state index contributed by atoms with van der Waals surface area (Å²) in [5.41, 5.74) is 0. The number of aliphatic carboxylic acids is 1. The molecule has 0 saturated carbocycles. The number of unbranched alkanes of at least 4 members (excludes halogenated alkanes) is 6. The number of rotatable bonds is 16. The zero-order chi connectivity index (χ0) is 17.7. The SMILES string of the molecule is CCCCC/C=C\C/C=C\C/C=C\C/C=C\CCCCCC(=O)[O-]. The Balaban J connectivity index is 3.37. The van der Waals surface area contributed by atoms with Crippen LogP contribution in [0.2, 0.25) is 0 Å². The Kier molecular flexibility index (Phi) is 18.2. The van der Waals surface area contributed by atoms with E-state index in [2.05, 4.69) is 55.5 Å². The molecule has 0 aromatic rings. The maximum Gasteiger partial charge on any atom is 0.0414 e. The highest BCUT2D eigenvalue weighted by Gasteiger charge is 1.88. The summed E-state index contributed by atoms with van der Waals surface area (Å²) in [6.07, 6.45) is 29.9. The third kappa shape index (κ3) is 20.4. The van der Waals surface area contributed by atoms with Gasteiger partial charge in [-0.2, -0.15) is 0 Å². The van der Waals surface area contributed by atoms with E-state index < -0.39 is 5.97 Å². The Morgan fingerprint density at radius 1 is 0.667 bits per heavy atom. The first-order valence-electron chi connectivity index (χ1n) is 9.57. The number of hydrogen-bond acceptors (Lipinski definition) is 2. The Labute approximate surface area is 149 Å². The molecule has 0 heterocycles. The van der Waals surface area contributed by atoms with E-state index in [0.29, 0.717) is 0 Å². The van der Waals surface area contributed by atoms with Gasteiger partial charge in [0.15, 0.2) is 0 Å². The molecule has 0 aliphatic rings. The molecule has 0 fully saturated rings. The van der Waals surface area contributed by atoms with Crippen molar-refractivity contribution in [3.63, 3.8) is 0 Å². The highest BCUT2D eigenvalue weighted by Crippen LogP contribution is 2.04. The fourth-order valence-corrected chi connectivity index (χ4v) is 2.27. The van der Waals surface area contributed by atoms with Gasteiger partial charge in [-0.3, -0.25) is 0 Å². The molecule has 24 heavy (non-hydrogen) atoms. The van der Waals surface area contributed by atoms with Gasteiger partial charge in [-0.15, -0.1) is 0 Å². The summed E-state index contributed by atoms with van der Waals surface area (Å²) < 4.78 is 0. The fraction of sp³-hybridized carbons (Fsp3) is 0.591. The van der Waals surface area contributed by atoms with Gasteiger partial charge in [0.1, 0.15) is 0 Å². The second-order valence-electron chi connectivity index (χ2n) is 6.06. The lowest BCUT2D eigenvalue weighted by molar-refractivity contribution is -0.305. The minimum absolute atomic E-state index is 0.189. The molecule has 0 atom stereocenters. The summed E-state index contributed by atoms with van der Waals surface area (Å²) in [6, 6.07) is 0. The molecule has 0 N–H and O–H groups in total. The molecule has 0 aromatic heterocycles. The van der Waals surface area contributed by atoms with Gasteiger partial charge in [-0.05, 0) is 57.8 Å². The lowest BCUT2D eigenvalue weighted by Crippen LogP contribution is -2.21. The van der Waals surface area contributed by atoms with Crippen LogP contribution in [0.5, 0.6) is 0 Å². The monoisotopic (exact) mass is 331 g/mol. The summed E-state index contributed by atoms with van der Waals surface area (Å²) in [5.74, 6) is -0.937. The number of hydrogen-bond donors (Lipinski definition) is 0. The highest BCUT2D eigenvalue weighted by atomic mass is 16.4. The van der Waals surface area contributed by atoms with Crippen LogP contribution in [-0.4, -0.2) is 5.97 Å². The highest BCUT2D eigenvalue weighted by molar-refractivity contribution is 5.64. The minimum Gasteiger partial charge on any atom is -0.550 e. The van der Waals surface area contributed by atoms with Gasteiger partial charge in [0.2, 0.25) is 0 Å². The largest absolute Gasteiger partial charge is 0.550 e. The Bertz CT molecular complexity index is 389. The molecule has 0 rings (SSSR count). The number of carboxylic acid groups (broad SMARTS) is 1. The van der Waals surface area contributed by atoms with E-state index in [1.165, 1.54) is 25.7 Å². The van der Waals surface area contributed by atoms with Crippen molar-refractivity contribution < 1.29 is 9.90 Å². The van der Waals surface area contributed by atoms with Crippen LogP contribution < -0.4 is 5.11 Å². The minimum atomic E-state index is -0.937. The van der Waals surface area contributed by atoms with Crippen LogP contribution in [0, 0.1) is 0 Å². The van der Waals surface area contributed by atoms with Crippen LogP contribution >= 0.6 is 0 Å². The zero-order valence-corrected chi connectivity index (χ0v) is 15.4. The van der Waals surface area contributed by atoms with Crippen molar-refractivity contribution in [3.8, 4) is 0 Å². The van der Waals surface area contributed by atoms with Gasteiger partial charge in [0.05, 0.1) is 0 Å². The molecule has 136 valence electrons. The lowest BCUT2D eigenvalue weighted by Gasteiger charge is -1.99. The van der Waals surface area contributed by atoms with E-state index in [1.54, 1.807) is 0 Å². The number of carbonyl (C=O) groups is 1. The van der Waals surface area contributed by atoms with Crippen molar-refractivity contribution in [1.82, 2.24) is 0 Å². The predicted octanol–water partition coefficient (Wildman–Crippen LogP) is 5.66. The molecular formula is C22H35O2-. The fourth-order valence-electron chi connectivity index (χ4n) is 2.27. The summed E-state index contributed by atoms with van der Waals surface area (Å²) in [5, 5.41) is 10.2. The Morgan fingerprint density at radius 2 is 1.12 bits per heavy atom. The van der Waals surface area contributed by atoms with Gasteiger partial charge in [-0.25, -0.2) is 0 Å². The lowest BCUT2D eigenvalue weighted by atomic mass is 10.1. The van der Waals surface area contributed by atoms with Crippen LogP contribution in [0.1, 0.15) is 84.0 Å². The maximum absolute atomic E-state index is 10.2. The first kappa shape index (κ1) is 22.4. The summed E-state index contributed by atoms with van der Waals surface area (Å²) in [4.78, 5) is 10.2. The van der Waals surface area contributed by atoms with E-state index >= 15 is 0 Å². The molecule has 0 amide bonds. The van der Waals surface area contributed by atoms with E-state index in [4.69, 9.17) is 0 Å². The smallest absolute Gasteiger partial charge is 0.0414 e. The average Bonchev–Trinajstić information content (AvgIpc) is 2.56. The average molecular weight is 332 g/mol. The first-order chi connectivity index (χ1) is 11.8. The van der Waals surface area contributed by atoms with E-state index in [0.717, 1.165) is 44.9 Å². The van der Waals surface area contributed by atoms with Crippen molar-refractivity contribution >= 4 is 5.97 Å². The van der Waals surface area contributed by atoms with Crippen LogP contribution in [0.15, 0.2) is 48.6 Å². The molecule has 0 bridgehead atoms. The predicted molar refractivity (Wildman–Crippen MR) is 103 cm³/mol. The van der Waals surface area contributed by atoms with Crippen molar-refractivity contribution in [2.45, 2.75) is 84.0 Å². The third-order valence-corrected chi connectivity index (χ3v) is 3.71. The number of carbonyl (C=O) groups excluding carboxylic acids is 1. The van der Waals surface area contributed by atoms with Crippen molar-refractivity contribution in [3.05, 3.63) is 48.6 Å². The van der Waals surface area contributed by atoms with Crippen molar-refractivity contribution in [2.75, 3.05) is 0 Å². The van der Waals surface area contributed by atoms with Crippen LogP contribution in [0.25, 0.3) is 0 Å². The maximum atomic E-state index is 10.2. The molecule has 2 nitrogen and oxygen atoms in total. The molecule has 0 aliphatic carbocycles. The van der Waals surface area contributed by atoms with Gasteiger partial charge >= 0.3 is 0 Å². The van der Waals surface area contributed by atoms with Crippen molar-refractivity contribution in [1.29, 1.82) is 0 Å². The quantitative estimate of drug-likeness (QED) is 0.270. The molecule has 0 spiro atoms. The first-order valence-corrected chi connectivity index (χ1v) is 9.57. The number of allylic oxidation sites excluding steroid dienone is 8. The van der Waals surface area contributed by atoms with Crippen LogP contribution in [0.4, 0.5) is 0 Å². The molecule has 0 aliphatic heterocycles. The van der Waals surface area contributed by atoms with Gasteiger partial charge in [0, 0.05) is 5.97 Å². The van der Waals surface area contributed by atoms with Crippen LogP contribution in [-0.2, 0) is 4.79 Å². The molecule has 0 unspecified atom stereocenters. The molecule has 0 aromatic carbocycles. The Hall–Kier alpha value is -1.57. The topological polar surface area (TPSA) is 40.1 Å². The van der Waals surface area contributed by atoms with Crippen LogP contribution in [0.3, 0.4) is 0 Å². The molecule has 0 saturated heterocycles. The van der Waals surface area contributed by atoms with E-state index in [1.807, 2.05) is 0 Å². The van der Waals surface area contributed by atoms with Crippen molar-refractivity contribution in [2.24, 2.45) is 0 Å². The van der Waals surface area contributed by atoms with E-state index in [9.17, 15) is 9.90 Å². The standard InChI is InChI=1S/C22H36O2/c1-2-3-4-5-6-7-8-9-10-11-12-13-14-15-16-17-18-19-20-21-22(23)24/h6-7,9-10,12-13,15-16H,2-5,8,11,14,17-21H2,1H3,(H,23,24)/p-1/b7-6-,10-9-,13-12-,16-15-. The van der Waals surface area contributed by atoms with Gasteiger partial charge in [-0.1, -0.05) is 74.8 Å². The second-order valence-corrected chi connectivity index (χ2v) is 6.06. The summed E-state index contributed by atoms with van der Waals surface area (Å²) in [6.45, 7) is 2.24. The van der Waals surface area contributed by atoms with Gasteiger partial charge in [0.25, 0.3) is 0 Å². The second kappa shape index (κ2) is 19.5. The third-order valence-electron chi connectivity index (χ3n) is 3.71. The summed E-state index contributed by atoms with van der Waals surface area (Å²) in [7, 11) is 0. The molecule has 0 radical (unpaired) electrons. The molecule has 2 heteroatoms. The summed E-state index contributed by atoms with van der Waals surface area (Å²) >= 11 is 0.